The molecule has 0 unspecified atom stereocenters. The van der Waals surface area contributed by atoms with Crippen molar-refractivity contribution < 1.29 is 5.11 Å². The minimum absolute atomic E-state index is 0. The molecule has 1 fully saturated rings. The van der Waals surface area contributed by atoms with Crippen molar-refractivity contribution in [3.63, 3.8) is 0 Å². The molecule has 0 aliphatic heterocycles. The van der Waals surface area contributed by atoms with Crippen molar-refractivity contribution in [3.8, 4) is 11.1 Å². The van der Waals surface area contributed by atoms with Crippen molar-refractivity contribution in [1.82, 2.24) is 14.5 Å². The zero-order valence-corrected chi connectivity index (χ0v) is 17.7. The Bertz CT molecular complexity index is 1060. The van der Waals surface area contributed by atoms with Gasteiger partial charge in [-0.25, -0.2) is 4.98 Å². The highest BCUT2D eigenvalue weighted by atomic mass is 35.5. The Morgan fingerprint density at radius 3 is 2.62 bits per heavy atom. The molecule has 0 amide bonds. The molecule has 1 aliphatic rings. The number of aromatic nitrogens is 3. The average molecular weight is 435 g/mol. The lowest BCUT2D eigenvalue weighted by Crippen LogP contribution is -2.28. The fourth-order valence-corrected chi connectivity index (χ4v) is 4.10. The van der Waals surface area contributed by atoms with Gasteiger partial charge in [0, 0.05) is 47.4 Å². The predicted octanol–water partition coefficient (Wildman–Crippen LogP) is 4.03. The highest BCUT2D eigenvalue weighted by molar-refractivity contribution is 6.33. The lowest BCUT2D eigenvalue weighted by molar-refractivity contribution is 0.185. The maximum atomic E-state index is 12.9. The van der Waals surface area contributed by atoms with Crippen LogP contribution in [0.1, 0.15) is 25.7 Å². The Morgan fingerprint density at radius 1 is 1.21 bits per heavy atom. The van der Waals surface area contributed by atoms with E-state index < -0.39 is 0 Å². The number of aliphatic hydroxyl groups is 1. The Hall–Kier alpha value is -2.15. The molecule has 1 aliphatic carbocycles. The molecular formula is C21H24Cl2N4O2. The summed E-state index contributed by atoms with van der Waals surface area (Å²) in [5.74, 6) is 0.931. The summed E-state index contributed by atoms with van der Waals surface area (Å²) in [6.07, 6.45) is 5.71. The molecule has 2 heterocycles. The SMILES string of the molecule is Cl.Cn1c(=O)c(-c2ccccc2Cl)cc2cnc(NC3CCC(CO)CC3)nc21. The van der Waals surface area contributed by atoms with Gasteiger partial charge in [-0.05, 0) is 43.7 Å². The molecule has 0 bridgehead atoms. The molecule has 3 aromatic rings. The number of hydrogen-bond donors (Lipinski definition) is 2. The Labute approximate surface area is 180 Å². The molecule has 2 N–H and O–H groups in total. The van der Waals surface area contributed by atoms with E-state index >= 15 is 0 Å². The third-order valence-corrected chi connectivity index (χ3v) is 5.88. The summed E-state index contributed by atoms with van der Waals surface area (Å²) in [6, 6.07) is 9.40. The molecule has 2 aromatic heterocycles. The number of nitrogens with one attached hydrogen (secondary N) is 1. The maximum absolute atomic E-state index is 12.9. The summed E-state index contributed by atoms with van der Waals surface area (Å²) in [4.78, 5) is 21.9. The van der Waals surface area contributed by atoms with Crippen LogP contribution in [-0.2, 0) is 7.05 Å². The summed E-state index contributed by atoms with van der Waals surface area (Å²) in [5.41, 5.74) is 1.68. The van der Waals surface area contributed by atoms with Crippen LogP contribution < -0.4 is 10.9 Å². The fourth-order valence-electron chi connectivity index (χ4n) is 3.86. The van der Waals surface area contributed by atoms with E-state index in [1.54, 1.807) is 29.9 Å². The molecule has 0 radical (unpaired) electrons. The van der Waals surface area contributed by atoms with E-state index in [-0.39, 0.29) is 24.6 Å². The Morgan fingerprint density at radius 2 is 1.93 bits per heavy atom. The number of hydrogen-bond acceptors (Lipinski definition) is 5. The minimum atomic E-state index is -0.145. The van der Waals surface area contributed by atoms with Gasteiger partial charge in [0.05, 0.1) is 0 Å². The van der Waals surface area contributed by atoms with Crippen LogP contribution in [-0.4, -0.2) is 32.3 Å². The number of anilines is 1. The smallest absolute Gasteiger partial charge is 0.259 e. The van der Waals surface area contributed by atoms with E-state index in [0.29, 0.717) is 39.7 Å². The predicted molar refractivity (Wildman–Crippen MR) is 119 cm³/mol. The number of rotatable bonds is 4. The molecule has 29 heavy (non-hydrogen) atoms. The molecule has 0 saturated heterocycles. The first-order valence-electron chi connectivity index (χ1n) is 9.56. The lowest BCUT2D eigenvalue weighted by Gasteiger charge is -2.27. The standard InChI is InChI=1S/C21H23ClN4O2.ClH/c1-26-19-14(10-17(20(26)28)16-4-2-3-5-18(16)22)11-23-21(25-19)24-15-8-6-13(12-27)7-9-15;/h2-5,10-11,13,15,27H,6-9,12H2,1H3,(H,23,24,25);1H. The van der Waals surface area contributed by atoms with Crippen LogP contribution in [0.2, 0.25) is 5.02 Å². The third-order valence-electron chi connectivity index (χ3n) is 5.55. The molecule has 154 valence electrons. The first-order chi connectivity index (χ1) is 13.6. The molecule has 8 heteroatoms. The van der Waals surface area contributed by atoms with E-state index in [1.807, 2.05) is 18.2 Å². The highest BCUT2D eigenvalue weighted by Gasteiger charge is 2.21. The largest absolute Gasteiger partial charge is 0.396 e. The van der Waals surface area contributed by atoms with Gasteiger partial charge in [-0.1, -0.05) is 29.8 Å². The number of halogens is 2. The molecular weight excluding hydrogens is 411 g/mol. The van der Waals surface area contributed by atoms with E-state index in [2.05, 4.69) is 15.3 Å². The first kappa shape index (κ1) is 21.6. The van der Waals surface area contributed by atoms with Crippen molar-refractivity contribution in [2.75, 3.05) is 11.9 Å². The van der Waals surface area contributed by atoms with Gasteiger partial charge in [-0.3, -0.25) is 9.36 Å². The van der Waals surface area contributed by atoms with Crippen LogP contribution in [0.25, 0.3) is 22.2 Å². The molecule has 1 saturated carbocycles. The molecule has 0 spiro atoms. The number of aliphatic hydroxyl groups excluding tert-OH is 1. The second-order valence-corrected chi connectivity index (χ2v) is 7.83. The zero-order chi connectivity index (χ0) is 19.7. The summed E-state index contributed by atoms with van der Waals surface area (Å²) >= 11 is 6.28. The van der Waals surface area contributed by atoms with Gasteiger partial charge in [-0.2, -0.15) is 4.98 Å². The second-order valence-electron chi connectivity index (χ2n) is 7.42. The van der Waals surface area contributed by atoms with E-state index in [4.69, 9.17) is 11.6 Å². The van der Waals surface area contributed by atoms with Gasteiger partial charge in [-0.15, -0.1) is 12.4 Å². The Kier molecular flexibility index (Phi) is 6.77. The Balaban J connectivity index is 0.00000240. The van der Waals surface area contributed by atoms with Crippen LogP contribution in [0.5, 0.6) is 0 Å². The number of nitrogens with zero attached hydrogens (tertiary/aromatic N) is 3. The number of pyridine rings is 1. The van der Waals surface area contributed by atoms with Gasteiger partial charge in [0.25, 0.3) is 5.56 Å². The number of aryl methyl sites for hydroxylation is 1. The molecule has 1 aromatic carbocycles. The normalized spacial score (nSPS) is 19.0. The van der Waals surface area contributed by atoms with Crippen LogP contribution in [0.15, 0.2) is 41.3 Å². The first-order valence-corrected chi connectivity index (χ1v) is 9.93. The minimum Gasteiger partial charge on any atom is -0.396 e. The van der Waals surface area contributed by atoms with Gasteiger partial charge >= 0.3 is 0 Å². The van der Waals surface area contributed by atoms with Crippen LogP contribution in [0, 0.1) is 5.92 Å². The van der Waals surface area contributed by atoms with Crippen molar-refractivity contribution in [2.45, 2.75) is 31.7 Å². The summed E-state index contributed by atoms with van der Waals surface area (Å²) in [6.45, 7) is 0.259. The number of fused-ring (bicyclic) bond motifs is 1. The molecule has 4 rings (SSSR count). The quantitative estimate of drug-likeness (QED) is 0.647. The monoisotopic (exact) mass is 434 g/mol. The second kappa shape index (κ2) is 9.11. The van der Waals surface area contributed by atoms with Gasteiger partial charge in [0.15, 0.2) is 0 Å². The topological polar surface area (TPSA) is 80.0 Å². The van der Waals surface area contributed by atoms with Crippen LogP contribution in [0.4, 0.5) is 5.95 Å². The lowest BCUT2D eigenvalue weighted by atomic mass is 9.87. The van der Waals surface area contributed by atoms with Crippen molar-refractivity contribution in [1.29, 1.82) is 0 Å². The van der Waals surface area contributed by atoms with Crippen molar-refractivity contribution >= 4 is 41.0 Å². The summed E-state index contributed by atoms with van der Waals surface area (Å²) in [7, 11) is 1.72. The van der Waals surface area contributed by atoms with Gasteiger partial charge in [0.1, 0.15) is 5.65 Å². The van der Waals surface area contributed by atoms with Crippen molar-refractivity contribution in [3.05, 3.63) is 51.9 Å². The van der Waals surface area contributed by atoms with Gasteiger partial charge in [0.2, 0.25) is 5.95 Å². The average Bonchev–Trinajstić information content (AvgIpc) is 2.72. The maximum Gasteiger partial charge on any atom is 0.259 e. The van der Waals surface area contributed by atoms with E-state index in [9.17, 15) is 9.90 Å². The number of benzene rings is 1. The van der Waals surface area contributed by atoms with E-state index in [0.717, 1.165) is 31.1 Å². The van der Waals surface area contributed by atoms with Gasteiger partial charge < -0.3 is 10.4 Å². The third kappa shape index (κ3) is 4.39. The van der Waals surface area contributed by atoms with E-state index in [1.165, 1.54) is 0 Å². The van der Waals surface area contributed by atoms with Crippen LogP contribution in [0.3, 0.4) is 0 Å². The summed E-state index contributed by atoms with van der Waals surface area (Å²) in [5, 5.41) is 14.0. The fraction of sp³-hybridized carbons (Fsp3) is 0.381. The summed E-state index contributed by atoms with van der Waals surface area (Å²) < 4.78 is 1.55. The highest BCUT2D eigenvalue weighted by Crippen LogP contribution is 2.28. The van der Waals surface area contributed by atoms with Crippen LogP contribution >= 0.6 is 24.0 Å². The molecule has 0 atom stereocenters. The zero-order valence-electron chi connectivity index (χ0n) is 16.1. The van der Waals surface area contributed by atoms with Crippen molar-refractivity contribution in [2.24, 2.45) is 13.0 Å². The molecule has 6 nitrogen and oxygen atoms in total.